The number of hydrogen-bond donors (Lipinski definition) is 3. The number of amides is 2. The smallest absolute Gasteiger partial charge is 0.313 e. The standard InChI is InChI=1S/C18H24N2O3/c21-16-7-2-1-4-14(16)11-19-17(22)18(23)20-15-9-8-12-5-3-6-13(12)10-15/h8-10,14,16,21H,1-7,11H2,(H,19,22)(H,20,23)/t14-,16+/m1/s1. The Morgan fingerprint density at radius 1 is 1.04 bits per heavy atom. The van der Waals surface area contributed by atoms with E-state index in [0.717, 1.165) is 44.9 Å². The first-order valence-electron chi connectivity index (χ1n) is 8.52. The summed E-state index contributed by atoms with van der Waals surface area (Å²) in [7, 11) is 0. The fourth-order valence-corrected chi connectivity index (χ4v) is 3.57. The number of carbonyl (C=O) groups is 2. The van der Waals surface area contributed by atoms with E-state index in [0.29, 0.717) is 12.2 Å². The van der Waals surface area contributed by atoms with Crippen molar-refractivity contribution in [1.82, 2.24) is 5.32 Å². The van der Waals surface area contributed by atoms with Crippen LogP contribution in [0.15, 0.2) is 18.2 Å². The van der Waals surface area contributed by atoms with E-state index in [1.54, 1.807) is 0 Å². The summed E-state index contributed by atoms with van der Waals surface area (Å²) in [5.74, 6) is -1.22. The third kappa shape index (κ3) is 3.91. The van der Waals surface area contributed by atoms with E-state index in [2.05, 4.69) is 10.6 Å². The summed E-state index contributed by atoms with van der Waals surface area (Å²) in [5, 5.41) is 15.2. The van der Waals surface area contributed by atoms with Crippen LogP contribution >= 0.6 is 0 Å². The number of aliphatic hydroxyl groups is 1. The number of anilines is 1. The lowest BCUT2D eigenvalue weighted by Crippen LogP contribution is -2.41. The van der Waals surface area contributed by atoms with Crippen LogP contribution in [0.3, 0.4) is 0 Å². The maximum Gasteiger partial charge on any atom is 0.313 e. The lowest BCUT2D eigenvalue weighted by molar-refractivity contribution is -0.136. The molecule has 0 aromatic heterocycles. The zero-order valence-corrected chi connectivity index (χ0v) is 13.3. The van der Waals surface area contributed by atoms with Gasteiger partial charge >= 0.3 is 11.8 Å². The highest BCUT2D eigenvalue weighted by Gasteiger charge is 2.24. The van der Waals surface area contributed by atoms with E-state index in [-0.39, 0.29) is 12.0 Å². The second-order valence-corrected chi connectivity index (χ2v) is 6.61. The Kier molecular flexibility index (Phi) is 4.96. The fraction of sp³-hybridized carbons (Fsp3) is 0.556. The zero-order valence-electron chi connectivity index (χ0n) is 13.3. The van der Waals surface area contributed by atoms with Crippen LogP contribution in [-0.2, 0) is 22.4 Å². The van der Waals surface area contributed by atoms with Crippen molar-refractivity contribution >= 4 is 17.5 Å². The molecule has 5 nitrogen and oxygen atoms in total. The highest BCUT2D eigenvalue weighted by atomic mass is 16.3. The molecule has 1 aromatic carbocycles. The Hall–Kier alpha value is -1.88. The predicted molar refractivity (Wildman–Crippen MR) is 88.1 cm³/mol. The summed E-state index contributed by atoms with van der Waals surface area (Å²) in [6, 6.07) is 5.83. The minimum absolute atomic E-state index is 0.0560. The SMILES string of the molecule is O=C(NC[C@H]1CCCC[C@@H]1O)C(=O)Nc1ccc2c(c1)CCC2. The van der Waals surface area contributed by atoms with Crippen molar-refractivity contribution in [3.05, 3.63) is 29.3 Å². The molecule has 3 rings (SSSR count). The Morgan fingerprint density at radius 2 is 1.83 bits per heavy atom. The van der Waals surface area contributed by atoms with Gasteiger partial charge in [0.15, 0.2) is 0 Å². The van der Waals surface area contributed by atoms with Crippen LogP contribution in [0.4, 0.5) is 5.69 Å². The van der Waals surface area contributed by atoms with Crippen LogP contribution in [0.5, 0.6) is 0 Å². The van der Waals surface area contributed by atoms with Crippen molar-refractivity contribution < 1.29 is 14.7 Å². The van der Waals surface area contributed by atoms with Gasteiger partial charge in [0.25, 0.3) is 0 Å². The first-order chi connectivity index (χ1) is 11.1. The quantitative estimate of drug-likeness (QED) is 0.744. The van der Waals surface area contributed by atoms with Gasteiger partial charge in [-0.15, -0.1) is 0 Å². The topological polar surface area (TPSA) is 78.4 Å². The molecule has 2 aliphatic carbocycles. The third-order valence-corrected chi connectivity index (χ3v) is 4.96. The van der Waals surface area contributed by atoms with Crippen molar-refractivity contribution in [3.63, 3.8) is 0 Å². The molecule has 0 aliphatic heterocycles. The summed E-state index contributed by atoms with van der Waals surface area (Å²) in [6.45, 7) is 0.359. The van der Waals surface area contributed by atoms with Crippen LogP contribution in [0.1, 0.15) is 43.2 Å². The van der Waals surface area contributed by atoms with Crippen molar-refractivity contribution in [2.45, 2.75) is 51.0 Å². The first kappa shape index (κ1) is 16.0. The average molecular weight is 316 g/mol. The van der Waals surface area contributed by atoms with Gasteiger partial charge in [0.1, 0.15) is 0 Å². The summed E-state index contributed by atoms with van der Waals surface area (Å²) < 4.78 is 0. The largest absolute Gasteiger partial charge is 0.393 e. The lowest BCUT2D eigenvalue weighted by Gasteiger charge is -2.27. The minimum atomic E-state index is -0.645. The number of hydrogen-bond acceptors (Lipinski definition) is 3. The minimum Gasteiger partial charge on any atom is -0.393 e. The number of benzene rings is 1. The van der Waals surface area contributed by atoms with Gasteiger partial charge in [-0.05, 0) is 55.4 Å². The van der Waals surface area contributed by atoms with Gasteiger partial charge in [0.05, 0.1) is 6.10 Å². The molecule has 124 valence electrons. The molecule has 1 fully saturated rings. The summed E-state index contributed by atoms with van der Waals surface area (Å²) >= 11 is 0. The lowest BCUT2D eigenvalue weighted by atomic mass is 9.86. The Labute approximate surface area is 136 Å². The molecule has 23 heavy (non-hydrogen) atoms. The molecule has 2 atom stereocenters. The fourth-order valence-electron chi connectivity index (χ4n) is 3.57. The van der Waals surface area contributed by atoms with Crippen LogP contribution in [0.2, 0.25) is 0 Å². The van der Waals surface area contributed by atoms with Crippen molar-refractivity contribution in [2.75, 3.05) is 11.9 Å². The number of fused-ring (bicyclic) bond motifs is 1. The molecule has 0 bridgehead atoms. The molecule has 3 N–H and O–H groups in total. The monoisotopic (exact) mass is 316 g/mol. The molecule has 0 heterocycles. The Bertz CT molecular complexity index is 600. The van der Waals surface area contributed by atoms with E-state index in [4.69, 9.17) is 0 Å². The van der Waals surface area contributed by atoms with Gasteiger partial charge < -0.3 is 15.7 Å². The second-order valence-electron chi connectivity index (χ2n) is 6.61. The van der Waals surface area contributed by atoms with Crippen LogP contribution in [0.25, 0.3) is 0 Å². The number of aliphatic hydroxyl groups excluding tert-OH is 1. The van der Waals surface area contributed by atoms with Crippen molar-refractivity contribution in [2.24, 2.45) is 5.92 Å². The van der Waals surface area contributed by atoms with E-state index in [1.807, 2.05) is 18.2 Å². The summed E-state index contributed by atoms with van der Waals surface area (Å²) in [5.41, 5.74) is 3.26. The zero-order chi connectivity index (χ0) is 16.2. The van der Waals surface area contributed by atoms with Gasteiger partial charge in [-0.1, -0.05) is 18.9 Å². The third-order valence-electron chi connectivity index (χ3n) is 4.96. The molecule has 1 saturated carbocycles. The van der Waals surface area contributed by atoms with Crippen LogP contribution in [0, 0.1) is 5.92 Å². The first-order valence-corrected chi connectivity index (χ1v) is 8.52. The molecular formula is C18H24N2O3. The molecule has 2 amide bonds. The number of aryl methyl sites for hydroxylation is 2. The average Bonchev–Trinajstić information content (AvgIpc) is 3.01. The summed E-state index contributed by atoms with van der Waals surface area (Å²) in [6.07, 6.45) is 6.68. The maximum absolute atomic E-state index is 12.0. The molecule has 0 saturated heterocycles. The molecule has 0 radical (unpaired) electrons. The predicted octanol–water partition coefficient (Wildman–Crippen LogP) is 1.78. The highest BCUT2D eigenvalue weighted by molar-refractivity contribution is 6.39. The molecule has 0 spiro atoms. The van der Waals surface area contributed by atoms with Gasteiger partial charge in [-0.3, -0.25) is 9.59 Å². The number of rotatable bonds is 3. The molecule has 1 aromatic rings. The van der Waals surface area contributed by atoms with Gasteiger partial charge in [0, 0.05) is 18.2 Å². The van der Waals surface area contributed by atoms with Crippen LogP contribution < -0.4 is 10.6 Å². The molecular weight excluding hydrogens is 292 g/mol. The van der Waals surface area contributed by atoms with E-state index < -0.39 is 11.8 Å². The molecule has 0 unspecified atom stereocenters. The molecule has 2 aliphatic rings. The van der Waals surface area contributed by atoms with E-state index >= 15 is 0 Å². The maximum atomic E-state index is 12.0. The van der Waals surface area contributed by atoms with E-state index in [1.165, 1.54) is 11.1 Å². The van der Waals surface area contributed by atoms with Gasteiger partial charge in [-0.2, -0.15) is 0 Å². The van der Waals surface area contributed by atoms with Gasteiger partial charge in [0.2, 0.25) is 0 Å². The summed E-state index contributed by atoms with van der Waals surface area (Å²) in [4.78, 5) is 23.9. The highest BCUT2D eigenvalue weighted by Crippen LogP contribution is 2.25. The Morgan fingerprint density at radius 3 is 2.65 bits per heavy atom. The second kappa shape index (κ2) is 7.13. The van der Waals surface area contributed by atoms with Gasteiger partial charge in [-0.25, -0.2) is 0 Å². The number of carbonyl (C=O) groups excluding carboxylic acids is 2. The normalized spacial score (nSPS) is 23.2. The van der Waals surface area contributed by atoms with Crippen molar-refractivity contribution in [1.29, 1.82) is 0 Å². The molecule has 5 heteroatoms. The Balaban J connectivity index is 1.50. The van der Waals surface area contributed by atoms with Crippen molar-refractivity contribution in [3.8, 4) is 0 Å². The van der Waals surface area contributed by atoms with E-state index in [9.17, 15) is 14.7 Å². The number of nitrogens with one attached hydrogen (secondary N) is 2. The van der Waals surface area contributed by atoms with Crippen LogP contribution in [-0.4, -0.2) is 29.6 Å².